The van der Waals surface area contributed by atoms with Gasteiger partial charge in [-0.1, -0.05) is 45.4 Å². The molecule has 196 valence electrons. The van der Waals surface area contributed by atoms with Crippen LogP contribution in [-0.2, 0) is 19.1 Å². The first-order valence-corrected chi connectivity index (χ1v) is 13.5. The number of esters is 1. The molecule has 0 aromatic rings. The maximum atomic E-state index is 13.1. The Kier molecular flexibility index (Phi) is 5.62. The molecule has 1 N–H and O–H groups in total. The molecule has 0 aromatic heterocycles. The fraction of sp³-hybridized carbons (Fsp3) is 0.677. The zero-order valence-electron chi connectivity index (χ0n) is 23.0. The Balaban J connectivity index is 1.57. The van der Waals surface area contributed by atoms with Crippen LogP contribution in [0.2, 0.25) is 0 Å². The fourth-order valence-electron chi connectivity index (χ4n) is 8.93. The summed E-state index contributed by atoms with van der Waals surface area (Å²) in [5.41, 5.74) is 3.58. The van der Waals surface area contributed by atoms with Crippen molar-refractivity contribution in [3.05, 3.63) is 46.3 Å². The molecule has 0 spiro atoms. The summed E-state index contributed by atoms with van der Waals surface area (Å²) in [6.45, 7) is 13.6. The van der Waals surface area contributed by atoms with Crippen LogP contribution in [0.3, 0.4) is 0 Å². The van der Waals surface area contributed by atoms with Gasteiger partial charge in [0.1, 0.15) is 0 Å². The highest BCUT2D eigenvalue weighted by molar-refractivity contribution is 6.06. The van der Waals surface area contributed by atoms with Gasteiger partial charge in [0.05, 0.1) is 5.41 Å². The number of aliphatic hydroxyl groups is 1. The van der Waals surface area contributed by atoms with Crippen molar-refractivity contribution in [1.29, 1.82) is 0 Å². The predicted molar refractivity (Wildman–Crippen MR) is 139 cm³/mol. The van der Waals surface area contributed by atoms with E-state index >= 15 is 0 Å². The van der Waals surface area contributed by atoms with Crippen LogP contribution < -0.4 is 0 Å². The molecule has 5 nitrogen and oxygen atoms in total. The molecule has 0 unspecified atom stereocenters. The van der Waals surface area contributed by atoms with Crippen molar-refractivity contribution in [2.24, 2.45) is 33.0 Å². The third-order valence-corrected chi connectivity index (χ3v) is 11.7. The number of hydrogen-bond acceptors (Lipinski definition) is 5. The first kappa shape index (κ1) is 25.5. The van der Waals surface area contributed by atoms with Gasteiger partial charge in [-0.2, -0.15) is 0 Å². The molecule has 0 bridgehead atoms. The monoisotopic (exact) mass is 494 g/mol. The van der Waals surface area contributed by atoms with Crippen LogP contribution in [0.1, 0.15) is 86.5 Å². The maximum Gasteiger partial charge on any atom is 0.313 e. The van der Waals surface area contributed by atoms with Crippen molar-refractivity contribution in [2.45, 2.75) is 86.5 Å². The quantitative estimate of drug-likeness (QED) is 0.347. The average molecular weight is 495 g/mol. The second-order valence-corrected chi connectivity index (χ2v) is 13.4. The SMILES string of the molecule is COCOC(=O)[C@]1(C)CC[C@]2(C)CC[C@]3(C)C4=CC=C5C(=CC(=O)C(O)=C5C)[C@]4(C)CC[C@@]3(C)[C@@H]2C1. The van der Waals surface area contributed by atoms with Crippen LogP contribution in [0.25, 0.3) is 0 Å². The molecule has 0 aromatic carbocycles. The van der Waals surface area contributed by atoms with E-state index in [1.54, 1.807) is 13.2 Å². The largest absolute Gasteiger partial charge is 0.504 e. The first-order valence-electron chi connectivity index (χ1n) is 13.5. The number of ketones is 1. The third kappa shape index (κ3) is 3.17. The summed E-state index contributed by atoms with van der Waals surface area (Å²) in [5.74, 6) is -0.163. The number of aliphatic hydroxyl groups excluding tert-OH is 1. The lowest BCUT2D eigenvalue weighted by molar-refractivity contribution is -0.188. The summed E-state index contributed by atoms with van der Waals surface area (Å²) in [4.78, 5) is 25.8. The number of allylic oxidation sites excluding steroid dienone is 7. The molecular weight excluding hydrogens is 452 g/mol. The molecule has 3 saturated carbocycles. The van der Waals surface area contributed by atoms with E-state index in [9.17, 15) is 14.7 Å². The minimum absolute atomic E-state index is 0.00248. The molecule has 5 aliphatic carbocycles. The van der Waals surface area contributed by atoms with E-state index in [1.165, 1.54) is 5.57 Å². The normalized spacial score (nSPS) is 43.8. The van der Waals surface area contributed by atoms with Crippen LogP contribution >= 0.6 is 0 Å². The van der Waals surface area contributed by atoms with Crippen LogP contribution in [0.5, 0.6) is 0 Å². The second kappa shape index (κ2) is 7.93. The number of ether oxygens (including phenoxy) is 2. The highest BCUT2D eigenvalue weighted by atomic mass is 16.7. The minimum Gasteiger partial charge on any atom is -0.504 e. The predicted octanol–water partition coefficient (Wildman–Crippen LogP) is 6.76. The summed E-state index contributed by atoms with van der Waals surface area (Å²) < 4.78 is 10.5. The number of carbonyl (C=O) groups excluding carboxylic acids is 2. The summed E-state index contributed by atoms with van der Waals surface area (Å²) in [7, 11) is 1.55. The molecule has 0 radical (unpaired) electrons. The number of hydrogen-bond donors (Lipinski definition) is 1. The molecule has 5 heteroatoms. The molecular formula is C31H42O5. The van der Waals surface area contributed by atoms with Crippen LogP contribution in [0, 0.1) is 33.0 Å². The minimum atomic E-state index is -0.503. The van der Waals surface area contributed by atoms with Crippen LogP contribution in [-0.4, -0.2) is 30.8 Å². The van der Waals surface area contributed by atoms with Crippen molar-refractivity contribution in [1.82, 2.24) is 0 Å². The zero-order chi connectivity index (χ0) is 26.3. The number of carbonyl (C=O) groups is 2. The molecule has 0 heterocycles. The van der Waals surface area contributed by atoms with Crippen LogP contribution in [0.15, 0.2) is 46.3 Å². The third-order valence-electron chi connectivity index (χ3n) is 11.7. The topological polar surface area (TPSA) is 72.8 Å². The fourth-order valence-corrected chi connectivity index (χ4v) is 8.93. The van der Waals surface area contributed by atoms with Gasteiger partial charge in [0.15, 0.2) is 12.6 Å². The van der Waals surface area contributed by atoms with Gasteiger partial charge in [0, 0.05) is 18.1 Å². The van der Waals surface area contributed by atoms with E-state index in [0.717, 1.165) is 56.1 Å². The van der Waals surface area contributed by atoms with Gasteiger partial charge in [-0.05, 0) is 98.2 Å². The van der Waals surface area contributed by atoms with Gasteiger partial charge in [-0.25, -0.2) is 0 Å². The van der Waals surface area contributed by atoms with E-state index in [-0.39, 0.29) is 46.0 Å². The lowest BCUT2D eigenvalue weighted by Crippen LogP contribution is -2.62. The Bertz CT molecular complexity index is 1160. The highest BCUT2D eigenvalue weighted by Crippen LogP contribution is 2.75. The number of fused-ring (bicyclic) bond motifs is 7. The van der Waals surface area contributed by atoms with Gasteiger partial charge in [-0.15, -0.1) is 0 Å². The van der Waals surface area contributed by atoms with Gasteiger partial charge >= 0.3 is 5.97 Å². The van der Waals surface area contributed by atoms with Gasteiger partial charge in [0.2, 0.25) is 5.78 Å². The first-order chi connectivity index (χ1) is 16.8. The summed E-state index contributed by atoms with van der Waals surface area (Å²) in [6.07, 6.45) is 13.1. The number of rotatable bonds is 3. The van der Waals surface area contributed by atoms with E-state index in [0.29, 0.717) is 11.5 Å². The standard InChI is InChI=1S/C31H42O5/c1-19-20-8-9-23-29(4,21(20)16-22(32)25(19)33)13-15-31(6)24-17-28(3,26(34)36-18-35-7)11-10-27(24,2)12-14-30(23,31)5/h8-9,16,24,33H,10-15,17-18H2,1-7H3/t24-,27-,28-,29+,30-,31+/m1/s1. The summed E-state index contributed by atoms with van der Waals surface area (Å²) in [5, 5.41) is 10.3. The van der Waals surface area contributed by atoms with Crippen molar-refractivity contribution >= 4 is 11.8 Å². The number of methoxy groups -OCH3 is 1. The Labute approximate surface area is 215 Å². The van der Waals surface area contributed by atoms with E-state index in [4.69, 9.17) is 9.47 Å². The van der Waals surface area contributed by atoms with Crippen LogP contribution in [0.4, 0.5) is 0 Å². The van der Waals surface area contributed by atoms with Gasteiger partial charge in [0.25, 0.3) is 0 Å². The van der Waals surface area contributed by atoms with Gasteiger partial charge < -0.3 is 14.6 Å². The Hall–Kier alpha value is -2.14. The maximum absolute atomic E-state index is 13.1. The van der Waals surface area contributed by atoms with E-state index in [2.05, 4.69) is 46.8 Å². The smallest absolute Gasteiger partial charge is 0.313 e. The molecule has 3 fully saturated rings. The van der Waals surface area contributed by atoms with Crippen molar-refractivity contribution in [3.63, 3.8) is 0 Å². The zero-order valence-corrected chi connectivity index (χ0v) is 23.0. The molecule has 5 aliphatic rings. The summed E-state index contributed by atoms with van der Waals surface area (Å²) >= 11 is 0. The molecule has 6 atom stereocenters. The summed E-state index contributed by atoms with van der Waals surface area (Å²) in [6, 6.07) is 0. The van der Waals surface area contributed by atoms with Crippen molar-refractivity contribution < 1.29 is 24.2 Å². The Morgan fingerprint density at radius 1 is 1.03 bits per heavy atom. The Morgan fingerprint density at radius 3 is 2.42 bits per heavy atom. The highest BCUT2D eigenvalue weighted by Gasteiger charge is 2.67. The second-order valence-electron chi connectivity index (χ2n) is 13.4. The Morgan fingerprint density at radius 2 is 1.72 bits per heavy atom. The van der Waals surface area contributed by atoms with E-state index < -0.39 is 5.41 Å². The average Bonchev–Trinajstić information content (AvgIpc) is 2.84. The molecule has 5 rings (SSSR count). The molecule has 0 saturated heterocycles. The van der Waals surface area contributed by atoms with E-state index in [1.807, 2.05) is 6.92 Å². The molecule has 36 heavy (non-hydrogen) atoms. The van der Waals surface area contributed by atoms with Crippen molar-refractivity contribution in [3.8, 4) is 0 Å². The molecule has 0 amide bonds. The molecule has 0 aliphatic heterocycles. The lowest BCUT2D eigenvalue weighted by Gasteiger charge is -2.70. The van der Waals surface area contributed by atoms with Gasteiger partial charge in [-0.3, -0.25) is 9.59 Å². The lowest BCUT2D eigenvalue weighted by atomic mass is 9.34. The van der Waals surface area contributed by atoms with Crippen molar-refractivity contribution in [2.75, 3.05) is 13.9 Å².